The number of nitrogens with one attached hydrogen (secondary N) is 1. The zero-order chi connectivity index (χ0) is 20.5. The van der Waals surface area contributed by atoms with Gasteiger partial charge in [-0.05, 0) is 60.3 Å². The molecule has 1 N–H and O–H groups in total. The summed E-state index contributed by atoms with van der Waals surface area (Å²) < 4.78 is 16.9. The molecule has 3 aromatic carbocycles. The van der Waals surface area contributed by atoms with Crippen LogP contribution >= 0.6 is 0 Å². The molecule has 4 heteroatoms. The number of para-hydroxylation sites is 1. The summed E-state index contributed by atoms with van der Waals surface area (Å²) in [5, 5.41) is 3.49. The van der Waals surface area contributed by atoms with Gasteiger partial charge in [-0.2, -0.15) is 0 Å². The van der Waals surface area contributed by atoms with Crippen LogP contribution in [0.5, 0.6) is 17.2 Å². The van der Waals surface area contributed by atoms with Crippen LogP contribution in [-0.2, 0) is 19.6 Å². The van der Waals surface area contributed by atoms with Crippen LogP contribution in [0.3, 0.4) is 0 Å². The maximum atomic E-state index is 6.00. The van der Waals surface area contributed by atoms with Crippen molar-refractivity contribution in [2.75, 3.05) is 20.8 Å². The van der Waals surface area contributed by atoms with Gasteiger partial charge in [0, 0.05) is 6.54 Å². The van der Waals surface area contributed by atoms with Crippen molar-refractivity contribution < 1.29 is 14.2 Å². The molecule has 29 heavy (non-hydrogen) atoms. The average Bonchev–Trinajstić information content (AvgIpc) is 2.76. The van der Waals surface area contributed by atoms with Crippen LogP contribution < -0.4 is 19.5 Å². The van der Waals surface area contributed by atoms with Crippen LogP contribution in [0.4, 0.5) is 0 Å². The molecule has 3 rings (SSSR count). The van der Waals surface area contributed by atoms with Gasteiger partial charge in [0.15, 0.2) is 11.5 Å². The van der Waals surface area contributed by atoms with Gasteiger partial charge in [0.2, 0.25) is 0 Å². The van der Waals surface area contributed by atoms with E-state index in [1.165, 1.54) is 16.7 Å². The Morgan fingerprint density at radius 2 is 1.48 bits per heavy atom. The Labute approximate surface area is 173 Å². The van der Waals surface area contributed by atoms with Crippen molar-refractivity contribution in [3.63, 3.8) is 0 Å². The molecule has 152 valence electrons. The molecule has 0 heterocycles. The van der Waals surface area contributed by atoms with E-state index in [4.69, 9.17) is 14.2 Å². The Bertz CT molecular complexity index is 923. The van der Waals surface area contributed by atoms with E-state index in [-0.39, 0.29) is 0 Å². The van der Waals surface area contributed by atoms with Gasteiger partial charge in [-0.3, -0.25) is 0 Å². The molecule has 0 aromatic heterocycles. The molecule has 3 aromatic rings. The van der Waals surface area contributed by atoms with Gasteiger partial charge < -0.3 is 19.5 Å². The molecule has 0 aliphatic heterocycles. The molecule has 0 bridgehead atoms. The maximum absolute atomic E-state index is 6.00. The Morgan fingerprint density at radius 1 is 0.759 bits per heavy atom. The second-order valence-electron chi connectivity index (χ2n) is 6.94. The Balaban J connectivity index is 1.54. The number of hydrogen-bond donors (Lipinski definition) is 1. The third-order valence-electron chi connectivity index (χ3n) is 4.97. The summed E-state index contributed by atoms with van der Waals surface area (Å²) in [5.41, 5.74) is 4.77. The SMILES string of the molecule is COc1ccccc1CCNCc1ccc(OCc2ccccc2C)c(OC)c1. The van der Waals surface area contributed by atoms with E-state index in [2.05, 4.69) is 36.5 Å². The van der Waals surface area contributed by atoms with Crippen molar-refractivity contribution in [1.82, 2.24) is 5.32 Å². The van der Waals surface area contributed by atoms with Crippen molar-refractivity contribution in [3.05, 3.63) is 89.0 Å². The molecule has 0 saturated carbocycles. The molecule has 0 fully saturated rings. The first kappa shape index (κ1) is 20.7. The van der Waals surface area contributed by atoms with Crippen LogP contribution in [-0.4, -0.2) is 20.8 Å². The van der Waals surface area contributed by atoms with Crippen molar-refractivity contribution >= 4 is 0 Å². The zero-order valence-electron chi connectivity index (χ0n) is 17.4. The normalized spacial score (nSPS) is 10.6. The Kier molecular flexibility index (Phi) is 7.54. The van der Waals surface area contributed by atoms with Crippen LogP contribution in [0.2, 0.25) is 0 Å². The number of aryl methyl sites for hydroxylation is 1. The first-order valence-electron chi connectivity index (χ1n) is 9.88. The second-order valence-corrected chi connectivity index (χ2v) is 6.94. The quantitative estimate of drug-likeness (QED) is 0.498. The second kappa shape index (κ2) is 10.5. The van der Waals surface area contributed by atoms with Crippen molar-refractivity contribution in [3.8, 4) is 17.2 Å². The van der Waals surface area contributed by atoms with Gasteiger partial charge in [-0.1, -0.05) is 48.5 Å². The third kappa shape index (κ3) is 5.75. The molecular weight excluding hydrogens is 362 g/mol. The summed E-state index contributed by atoms with van der Waals surface area (Å²) in [6.45, 7) is 4.26. The lowest BCUT2D eigenvalue weighted by Crippen LogP contribution is -2.17. The molecule has 0 spiro atoms. The van der Waals surface area contributed by atoms with Gasteiger partial charge in [0.05, 0.1) is 14.2 Å². The van der Waals surface area contributed by atoms with Crippen molar-refractivity contribution in [2.45, 2.75) is 26.5 Å². The third-order valence-corrected chi connectivity index (χ3v) is 4.97. The largest absolute Gasteiger partial charge is 0.496 e. The minimum Gasteiger partial charge on any atom is -0.496 e. The molecule has 4 nitrogen and oxygen atoms in total. The lowest BCUT2D eigenvalue weighted by atomic mass is 10.1. The number of hydrogen-bond acceptors (Lipinski definition) is 4. The van der Waals surface area contributed by atoms with Crippen molar-refractivity contribution in [1.29, 1.82) is 0 Å². The highest BCUT2D eigenvalue weighted by Gasteiger charge is 2.08. The summed E-state index contributed by atoms with van der Waals surface area (Å²) in [5.74, 6) is 2.45. The minimum atomic E-state index is 0.527. The van der Waals surface area contributed by atoms with Crippen LogP contribution in [0.15, 0.2) is 66.7 Å². The molecule has 0 radical (unpaired) electrons. The maximum Gasteiger partial charge on any atom is 0.161 e. The lowest BCUT2D eigenvalue weighted by molar-refractivity contribution is 0.283. The van der Waals surface area contributed by atoms with E-state index < -0.39 is 0 Å². The highest BCUT2D eigenvalue weighted by Crippen LogP contribution is 2.29. The smallest absolute Gasteiger partial charge is 0.161 e. The molecule has 0 aliphatic carbocycles. The zero-order valence-corrected chi connectivity index (χ0v) is 17.4. The fourth-order valence-electron chi connectivity index (χ4n) is 3.23. The van der Waals surface area contributed by atoms with Gasteiger partial charge in [-0.25, -0.2) is 0 Å². The lowest BCUT2D eigenvalue weighted by Gasteiger charge is -2.14. The van der Waals surface area contributed by atoms with Crippen LogP contribution in [0.1, 0.15) is 22.3 Å². The highest BCUT2D eigenvalue weighted by atomic mass is 16.5. The summed E-state index contributed by atoms with van der Waals surface area (Å²) in [4.78, 5) is 0. The van der Waals surface area contributed by atoms with Crippen molar-refractivity contribution in [2.24, 2.45) is 0 Å². The summed E-state index contributed by atoms with van der Waals surface area (Å²) in [6, 6.07) is 22.5. The van der Waals surface area contributed by atoms with E-state index in [1.54, 1.807) is 14.2 Å². The predicted molar refractivity (Wildman–Crippen MR) is 117 cm³/mol. The molecule has 0 amide bonds. The summed E-state index contributed by atoms with van der Waals surface area (Å²) in [7, 11) is 3.39. The predicted octanol–water partition coefficient (Wildman–Crippen LogP) is 4.92. The van der Waals surface area contributed by atoms with E-state index in [0.717, 1.165) is 42.3 Å². The molecule has 0 saturated heterocycles. The van der Waals surface area contributed by atoms with Gasteiger partial charge >= 0.3 is 0 Å². The summed E-state index contributed by atoms with van der Waals surface area (Å²) >= 11 is 0. The number of methoxy groups -OCH3 is 2. The molecule has 0 atom stereocenters. The fourth-order valence-corrected chi connectivity index (χ4v) is 3.23. The Hall–Kier alpha value is -2.98. The minimum absolute atomic E-state index is 0.527. The van der Waals surface area contributed by atoms with E-state index in [0.29, 0.717) is 6.61 Å². The monoisotopic (exact) mass is 391 g/mol. The molecule has 0 aliphatic rings. The topological polar surface area (TPSA) is 39.7 Å². The van der Waals surface area contributed by atoms with E-state index >= 15 is 0 Å². The standard InChI is InChI=1S/C25H29NO3/c1-19-8-4-5-10-22(19)18-29-24-13-12-20(16-25(24)28-3)17-26-15-14-21-9-6-7-11-23(21)27-2/h4-13,16,26H,14-15,17-18H2,1-3H3. The first-order chi connectivity index (χ1) is 14.2. The first-order valence-corrected chi connectivity index (χ1v) is 9.88. The highest BCUT2D eigenvalue weighted by molar-refractivity contribution is 5.43. The van der Waals surface area contributed by atoms with Crippen LogP contribution in [0, 0.1) is 6.92 Å². The fraction of sp³-hybridized carbons (Fsp3) is 0.280. The van der Waals surface area contributed by atoms with E-state index in [9.17, 15) is 0 Å². The summed E-state index contributed by atoms with van der Waals surface area (Å²) in [6.07, 6.45) is 0.915. The number of ether oxygens (including phenoxy) is 3. The molecular formula is C25H29NO3. The van der Waals surface area contributed by atoms with Gasteiger partial charge in [-0.15, -0.1) is 0 Å². The Morgan fingerprint density at radius 3 is 2.24 bits per heavy atom. The number of rotatable bonds is 10. The molecule has 0 unspecified atom stereocenters. The number of benzene rings is 3. The van der Waals surface area contributed by atoms with Crippen LogP contribution in [0.25, 0.3) is 0 Å². The average molecular weight is 392 g/mol. The van der Waals surface area contributed by atoms with Gasteiger partial charge in [0.1, 0.15) is 12.4 Å². The van der Waals surface area contributed by atoms with E-state index in [1.807, 2.05) is 42.5 Å². The van der Waals surface area contributed by atoms with Gasteiger partial charge in [0.25, 0.3) is 0 Å².